The highest BCUT2D eigenvalue weighted by Crippen LogP contribution is 2.38. The molecule has 0 radical (unpaired) electrons. The summed E-state index contributed by atoms with van der Waals surface area (Å²) < 4.78 is 1.23. The third kappa shape index (κ3) is 4.58. The van der Waals surface area contributed by atoms with Crippen LogP contribution in [0.3, 0.4) is 0 Å². The third-order valence-electron chi connectivity index (χ3n) is 2.80. The summed E-state index contributed by atoms with van der Waals surface area (Å²) in [7, 11) is 0. The number of nitrogens with zero attached hydrogens (tertiary/aromatic N) is 1. The summed E-state index contributed by atoms with van der Waals surface area (Å²) >= 11 is 7.04. The highest BCUT2D eigenvalue weighted by atomic mass is 127. The van der Waals surface area contributed by atoms with Crippen molar-refractivity contribution in [2.75, 3.05) is 19.6 Å². The molecule has 18 heavy (non-hydrogen) atoms. The van der Waals surface area contributed by atoms with Gasteiger partial charge in [0.15, 0.2) is 0 Å². The zero-order valence-corrected chi connectivity index (χ0v) is 16.9. The van der Waals surface area contributed by atoms with E-state index in [0.717, 1.165) is 13.1 Å². The van der Waals surface area contributed by atoms with E-state index in [1.807, 2.05) is 6.08 Å². The molecule has 0 aromatic carbocycles. The van der Waals surface area contributed by atoms with Gasteiger partial charge in [-0.25, -0.2) is 0 Å². The second kappa shape index (κ2) is 7.77. The lowest BCUT2D eigenvalue weighted by molar-refractivity contribution is -0.122. The number of allylic oxidation sites excluding steroid dienone is 2. The molecule has 1 aliphatic carbocycles. The Labute approximate surface area is 150 Å². The Balaban J connectivity index is 2.64. The SMILES string of the molecule is CCN(CC)CC(=O)NC1(I)C=CC=C(I)C1I. The highest BCUT2D eigenvalue weighted by Gasteiger charge is 2.36. The fourth-order valence-corrected chi connectivity index (χ4v) is 4.37. The average Bonchev–Trinajstić information content (AvgIpc) is 2.33. The van der Waals surface area contributed by atoms with Gasteiger partial charge in [0, 0.05) is 3.58 Å². The summed E-state index contributed by atoms with van der Waals surface area (Å²) in [5, 5.41) is 3.14. The van der Waals surface area contributed by atoms with Crippen LogP contribution in [0.2, 0.25) is 0 Å². The van der Waals surface area contributed by atoms with Gasteiger partial charge in [-0.3, -0.25) is 9.69 Å². The number of halogens is 3. The van der Waals surface area contributed by atoms with E-state index < -0.39 is 0 Å². The largest absolute Gasteiger partial charge is 0.336 e. The number of rotatable bonds is 5. The summed E-state index contributed by atoms with van der Waals surface area (Å²) in [5.41, 5.74) is 0. The van der Waals surface area contributed by atoms with Crippen LogP contribution in [0.25, 0.3) is 0 Å². The molecule has 2 atom stereocenters. The van der Waals surface area contributed by atoms with E-state index in [9.17, 15) is 4.79 Å². The van der Waals surface area contributed by atoms with E-state index in [-0.39, 0.29) is 13.4 Å². The molecule has 102 valence electrons. The number of likely N-dealkylation sites (N-methyl/N-ethyl adjacent to an activating group) is 1. The van der Waals surface area contributed by atoms with Crippen LogP contribution in [-0.2, 0) is 4.79 Å². The van der Waals surface area contributed by atoms with Gasteiger partial charge in [-0.05, 0) is 64.3 Å². The third-order valence-corrected chi connectivity index (χ3v) is 9.07. The summed E-state index contributed by atoms with van der Waals surface area (Å²) in [6, 6.07) is 0. The normalized spacial score (nSPS) is 27.2. The minimum absolute atomic E-state index is 0.0884. The molecule has 0 aromatic rings. The van der Waals surface area contributed by atoms with Crippen LogP contribution in [0.4, 0.5) is 0 Å². The molecule has 1 N–H and O–H groups in total. The Hall–Kier alpha value is 1.10. The van der Waals surface area contributed by atoms with E-state index in [4.69, 9.17) is 0 Å². The predicted octanol–water partition coefficient (Wildman–Crippen LogP) is 3.27. The van der Waals surface area contributed by atoms with Crippen LogP contribution < -0.4 is 5.32 Å². The number of carbonyl (C=O) groups is 1. The number of amides is 1. The van der Waals surface area contributed by atoms with E-state index in [1.165, 1.54) is 3.58 Å². The Bertz CT molecular complexity index is 366. The lowest BCUT2D eigenvalue weighted by atomic mass is 10.1. The second-order valence-electron chi connectivity index (χ2n) is 4.05. The van der Waals surface area contributed by atoms with Crippen molar-refractivity contribution in [3.8, 4) is 0 Å². The zero-order valence-electron chi connectivity index (χ0n) is 10.4. The van der Waals surface area contributed by atoms with Crippen LogP contribution in [0.1, 0.15) is 13.8 Å². The topological polar surface area (TPSA) is 32.3 Å². The van der Waals surface area contributed by atoms with E-state index in [1.54, 1.807) is 0 Å². The lowest BCUT2D eigenvalue weighted by Crippen LogP contribution is -2.51. The minimum Gasteiger partial charge on any atom is -0.336 e. The van der Waals surface area contributed by atoms with Gasteiger partial charge in [-0.2, -0.15) is 0 Å². The molecule has 1 rings (SSSR count). The second-order valence-corrected chi connectivity index (χ2v) is 8.33. The number of carbonyl (C=O) groups excluding carboxylic acids is 1. The molecule has 3 nitrogen and oxygen atoms in total. The number of alkyl halides is 2. The molecule has 0 saturated heterocycles. The molecule has 0 aliphatic heterocycles. The van der Waals surface area contributed by atoms with Gasteiger partial charge in [-0.15, -0.1) is 0 Å². The molecule has 0 spiro atoms. The molecule has 0 saturated carbocycles. The van der Waals surface area contributed by atoms with Crippen molar-refractivity contribution in [1.82, 2.24) is 10.2 Å². The van der Waals surface area contributed by atoms with Gasteiger partial charge in [0.05, 0.1) is 10.5 Å². The van der Waals surface area contributed by atoms with Crippen LogP contribution in [0, 0.1) is 0 Å². The van der Waals surface area contributed by atoms with Crippen molar-refractivity contribution < 1.29 is 4.79 Å². The first-order valence-electron chi connectivity index (χ1n) is 5.84. The fraction of sp³-hybridized carbons (Fsp3) is 0.583. The summed E-state index contributed by atoms with van der Waals surface area (Å²) in [5.74, 6) is 0.0884. The van der Waals surface area contributed by atoms with Crippen molar-refractivity contribution in [3.63, 3.8) is 0 Å². The predicted molar refractivity (Wildman–Crippen MR) is 102 cm³/mol. The Morgan fingerprint density at radius 3 is 2.67 bits per heavy atom. The molecular weight excluding hydrogens is 569 g/mol. The number of nitrogens with one attached hydrogen (secondary N) is 1. The zero-order chi connectivity index (χ0) is 13.8. The minimum atomic E-state index is -0.312. The van der Waals surface area contributed by atoms with Gasteiger partial charge in [0.25, 0.3) is 0 Å². The van der Waals surface area contributed by atoms with Crippen molar-refractivity contribution >= 4 is 73.7 Å². The molecule has 6 heteroatoms. The molecule has 1 aliphatic rings. The van der Waals surface area contributed by atoms with Gasteiger partial charge < -0.3 is 5.32 Å². The van der Waals surface area contributed by atoms with Crippen LogP contribution in [0.5, 0.6) is 0 Å². The summed E-state index contributed by atoms with van der Waals surface area (Å²) in [4.78, 5) is 14.2. The molecule has 0 bridgehead atoms. The standard InChI is InChI=1S/C12H17I3N2O/c1-3-17(4-2)8-10(18)16-12(15)7-5-6-9(13)11(12)14/h5-7,11H,3-4,8H2,1-2H3,(H,16,18). The quantitative estimate of drug-likeness (QED) is 0.305. The fourth-order valence-electron chi connectivity index (χ4n) is 1.66. The molecule has 0 heterocycles. The van der Waals surface area contributed by atoms with Gasteiger partial charge in [-0.1, -0.05) is 48.6 Å². The first-order chi connectivity index (χ1) is 8.42. The lowest BCUT2D eigenvalue weighted by Gasteiger charge is -2.33. The van der Waals surface area contributed by atoms with Gasteiger partial charge in [0.2, 0.25) is 5.91 Å². The average molecular weight is 586 g/mol. The van der Waals surface area contributed by atoms with Crippen molar-refractivity contribution in [2.45, 2.75) is 21.3 Å². The molecular formula is C12H17I3N2O. The van der Waals surface area contributed by atoms with Crippen molar-refractivity contribution in [3.05, 3.63) is 21.8 Å². The van der Waals surface area contributed by atoms with Crippen LogP contribution in [0.15, 0.2) is 21.8 Å². The summed E-state index contributed by atoms with van der Waals surface area (Å²) in [6.07, 6.45) is 6.17. The van der Waals surface area contributed by atoms with E-state index in [2.05, 4.69) is 104 Å². The maximum atomic E-state index is 12.1. The first kappa shape index (κ1) is 17.2. The van der Waals surface area contributed by atoms with E-state index in [0.29, 0.717) is 6.54 Å². The molecule has 1 amide bonds. The number of hydrogen-bond acceptors (Lipinski definition) is 2. The summed E-state index contributed by atoms with van der Waals surface area (Å²) in [6.45, 7) is 6.42. The maximum absolute atomic E-state index is 12.1. The van der Waals surface area contributed by atoms with Gasteiger partial charge >= 0.3 is 0 Å². The Morgan fingerprint density at radius 1 is 1.50 bits per heavy atom. The van der Waals surface area contributed by atoms with Crippen LogP contribution in [-0.4, -0.2) is 37.9 Å². The molecule has 2 unspecified atom stereocenters. The van der Waals surface area contributed by atoms with Crippen molar-refractivity contribution in [2.24, 2.45) is 0 Å². The Kier molecular flexibility index (Phi) is 7.40. The first-order valence-corrected chi connectivity index (χ1v) is 9.24. The molecule has 0 aromatic heterocycles. The molecule has 0 fully saturated rings. The smallest absolute Gasteiger partial charge is 0.235 e. The highest BCUT2D eigenvalue weighted by molar-refractivity contribution is 14.1. The maximum Gasteiger partial charge on any atom is 0.235 e. The van der Waals surface area contributed by atoms with Crippen molar-refractivity contribution in [1.29, 1.82) is 0 Å². The van der Waals surface area contributed by atoms with Crippen LogP contribution >= 0.6 is 67.8 Å². The monoisotopic (exact) mass is 586 g/mol. The van der Waals surface area contributed by atoms with Gasteiger partial charge in [0.1, 0.15) is 3.55 Å². The Morgan fingerprint density at radius 2 is 2.11 bits per heavy atom. The number of hydrogen-bond donors (Lipinski definition) is 1. The van der Waals surface area contributed by atoms with E-state index >= 15 is 0 Å².